The second-order valence-electron chi connectivity index (χ2n) is 7.30. The van der Waals surface area contributed by atoms with Crippen LogP contribution < -0.4 is 5.32 Å². The quantitative estimate of drug-likeness (QED) is 0.718. The molecule has 1 aliphatic rings. The van der Waals surface area contributed by atoms with Gasteiger partial charge in [-0.1, -0.05) is 18.2 Å². The van der Waals surface area contributed by atoms with E-state index in [-0.39, 0.29) is 18.2 Å². The number of allylic oxidation sites excluding steroid dienone is 1. The van der Waals surface area contributed by atoms with Crippen molar-refractivity contribution >= 4 is 17.3 Å². The number of carbonyl (C=O) groups excluding carboxylic acids is 1. The van der Waals surface area contributed by atoms with Crippen LogP contribution in [0.5, 0.6) is 5.75 Å². The van der Waals surface area contributed by atoms with Gasteiger partial charge in [-0.15, -0.1) is 4.91 Å². The number of para-hydroxylation sites is 1. The fourth-order valence-corrected chi connectivity index (χ4v) is 3.77. The highest BCUT2D eigenvalue weighted by Crippen LogP contribution is 2.38. The second kappa shape index (κ2) is 9.43. The minimum absolute atomic E-state index is 0.0688. The summed E-state index contributed by atoms with van der Waals surface area (Å²) in [5.41, 5.74) is 4.44. The molecule has 2 N–H and O–H groups in total. The van der Waals surface area contributed by atoms with E-state index in [9.17, 15) is 14.8 Å². The average molecular weight is 394 g/mol. The molecule has 7 heteroatoms. The number of carbonyl (C=O) groups is 1. The largest absolute Gasteiger partial charge is 0.507 e. The molecular weight excluding hydrogens is 368 g/mol. The van der Waals surface area contributed by atoms with Gasteiger partial charge < -0.3 is 10.4 Å². The highest BCUT2D eigenvalue weighted by molar-refractivity contribution is 5.81. The van der Waals surface area contributed by atoms with Gasteiger partial charge in [-0.05, 0) is 69.0 Å². The van der Waals surface area contributed by atoms with Crippen molar-refractivity contribution in [1.82, 2.24) is 9.88 Å². The van der Waals surface area contributed by atoms with Gasteiger partial charge in [-0.25, -0.2) is 0 Å². The molecule has 0 aliphatic carbocycles. The predicted octanol–water partition coefficient (Wildman–Crippen LogP) is 4.04. The van der Waals surface area contributed by atoms with Gasteiger partial charge in [0.15, 0.2) is 0 Å². The zero-order chi connectivity index (χ0) is 20.8. The fraction of sp³-hybridized carbons (Fsp3) is 0.364. The van der Waals surface area contributed by atoms with Crippen molar-refractivity contribution < 1.29 is 9.90 Å². The van der Waals surface area contributed by atoms with E-state index in [2.05, 4.69) is 15.5 Å². The molecule has 0 spiro atoms. The Hall–Kier alpha value is -3.06. The number of aromatic hydroxyl groups is 1. The van der Waals surface area contributed by atoms with E-state index in [1.807, 2.05) is 49.1 Å². The predicted molar refractivity (Wildman–Crippen MR) is 114 cm³/mol. The lowest BCUT2D eigenvalue weighted by atomic mass is 9.87. The topological polar surface area (TPSA) is 94.9 Å². The van der Waals surface area contributed by atoms with Crippen LogP contribution in [0.15, 0.2) is 47.9 Å². The Morgan fingerprint density at radius 1 is 1.34 bits per heavy atom. The summed E-state index contributed by atoms with van der Waals surface area (Å²) >= 11 is 0. The summed E-state index contributed by atoms with van der Waals surface area (Å²) in [5, 5.41) is 16.9. The molecule has 2 aromatic rings. The van der Waals surface area contributed by atoms with Crippen LogP contribution in [0.4, 0.5) is 5.69 Å². The van der Waals surface area contributed by atoms with Gasteiger partial charge in [0.25, 0.3) is 5.91 Å². The highest BCUT2D eigenvalue weighted by Gasteiger charge is 2.25. The van der Waals surface area contributed by atoms with E-state index in [0.717, 1.165) is 40.9 Å². The molecule has 1 amide bonds. The number of nitroso groups, excluding NO2 is 1. The van der Waals surface area contributed by atoms with Crippen LogP contribution in [0.3, 0.4) is 0 Å². The minimum Gasteiger partial charge on any atom is -0.507 e. The highest BCUT2D eigenvalue weighted by atomic mass is 16.3. The third kappa shape index (κ3) is 4.86. The number of pyridine rings is 1. The molecule has 1 aromatic heterocycles. The number of rotatable bonds is 6. The van der Waals surface area contributed by atoms with Gasteiger partial charge in [0.1, 0.15) is 5.75 Å². The molecule has 0 atom stereocenters. The summed E-state index contributed by atoms with van der Waals surface area (Å²) < 4.78 is 0. The van der Waals surface area contributed by atoms with E-state index >= 15 is 0 Å². The third-order valence-electron chi connectivity index (χ3n) is 5.44. The van der Waals surface area contributed by atoms with Crippen LogP contribution in [0.25, 0.3) is 5.70 Å². The molecule has 1 saturated heterocycles. The first-order valence-corrected chi connectivity index (χ1v) is 9.78. The molecule has 152 valence electrons. The van der Waals surface area contributed by atoms with E-state index in [1.165, 1.54) is 0 Å². The second-order valence-corrected chi connectivity index (χ2v) is 7.30. The Bertz CT molecular complexity index is 918. The number of nitrogens with one attached hydrogen (secondary N) is 1. The number of amides is 1. The van der Waals surface area contributed by atoms with Crippen LogP contribution in [-0.4, -0.2) is 40.5 Å². The smallest absolute Gasteiger partial charge is 0.300 e. The molecule has 29 heavy (non-hydrogen) atoms. The molecule has 1 fully saturated rings. The van der Waals surface area contributed by atoms with Crippen LogP contribution >= 0.6 is 0 Å². The Morgan fingerprint density at radius 3 is 2.76 bits per heavy atom. The van der Waals surface area contributed by atoms with Crippen molar-refractivity contribution in [3.63, 3.8) is 0 Å². The maximum absolute atomic E-state index is 11.2. The summed E-state index contributed by atoms with van der Waals surface area (Å²) in [6.07, 6.45) is 7.07. The normalized spacial score (nSPS) is 15.9. The van der Waals surface area contributed by atoms with E-state index in [1.54, 1.807) is 12.4 Å². The number of phenols is 1. The van der Waals surface area contributed by atoms with Gasteiger partial charge >= 0.3 is 0 Å². The molecule has 3 rings (SSSR count). The van der Waals surface area contributed by atoms with Crippen LogP contribution in [0.1, 0.15) is 42.4 Å². The van der Waals surface area contributed by atoms with Crippen molar-refractivity contribution in [2.24, 2.45) is 5.18 Å². The summed E-state index contributed by atoms with van der Waals surface area (Å²) in [5.74, 6) is -0.162. The molecule has 1 aliphatic heterocycles. The number of aromatic nitrogens is 1. The summed E-state index contributed by atoms with van der Waals surface area (Å²) in [4.78, 5) is 27.7. The van der Waals surface area contributed by atoms with Crippen LogP contribution in [0.2, 0.25) is 0 Å². The van der Waals surface area contributed by atoms with E-state index in [0.29, 0.717) is 13.1 Å². The number of hydrogen-bond donors (Lipinski definition) is 2. The van der Waals surface area contributed by atoms with Gasteiger partial charge in [-0.2, -0.15) is 0 Å². The van der Waals surface area contributed by atoms with Gasteiger partial charge in [0.2, 0.25) is 0 Å². The summed E-state index contributed by atoms with van der Waals surface area (Å²) in [6, 6.07) is 7.75. The zero-order valence-electron chi connectivity index (χ0n) is 16.8. The Balaban J connectivity index is 1.76. The maximum atomic E-state index is 11.2. The number of anilines is 1. The maximum Gasteiger partial charge on any atom is 0.300 e. The SMILES string of the molecule is C/C=C(\Nc1cnccc1C)c1cccc(C2CCN(CC(=O)N=O)CC2)c1O. The molecule has 0 radical (unpaired) electrons. The van der Waals surface area contributed by atoms with E-state index in [4.69, 9.17) is 0 Å². The molecule has 0 saturated carbocycles. The number of nitrogens with zero attached hydrogens (tertiary/aromatic N) is 3. The Labute approximate surface area is 170 Å². The minimum atomic E-state index is -0.636. The lowest BCUT2D eigenvalue weighted by Crippen LogP contribution is -2.36. The third-order valence-corrected chi connectivity index (χ3v) is 5.44. The lowest BCUT2D eigenvalue weighted by molar-refractivity contribution is -0.119. The number of phenolic OH excluding ortho intramolecular Hbond substituents is 1. The number of hydrogen-bond acceptors (Lipinski definition) is 6. The van der Waals surface area contributed by atoms with Gasteiger partial charge in [0.05, 0.1) is 18.4 Å². The number of benzene rings is 1. The van der Waals surface area contributed by atoms with Crippen LogP contribution in [0, 0.1) is 11.8 Å². The Kier molecular flexibility index (Phi) is 6.72. The zero-order valence-corrected chi connectivity index (χ0v) is 16.8. The monoisotopic (exact) mass is 394 g/mol. The van der Waals surface area contributed by atoms with Gasteiger partial charge in [-0.3, -0.25) is 14.7 Å². The van der Waals surface area contributed by atoms with Crippen molar-refractivity contribution in [1.29, 1.82) is 0 Å². The first-order chi connectivity index (χ1) is 14.0. The van der Waals surface area contributed by atoms with Crippen molar-refractivity contribution in [3.8, 4) is 5.75 Å². The standard InChI is InChI=1S/C22H26N4O3/c1-3-19(24-20-13-23-10-7-15(20)2)18-6-4-5-17(22(18)28)16-8-11-26(12-9-16)14-21(27)25-29/h3-7,10,13,16,24,28H,8-9,11-12,14H2,1-2H3/b19-3-. The summed E-state index contributed by atoms with van der Waals surface area (Å²) in [6.45, 7) is 5.39. The van der Waals surface area contributed by atoms with Crippen molar-refractivity contribution in [3.05, 3.63) is 64.3 Å². The number of likely N-dealkylation sites (tertiary alicyclic amines) is 1. The fourth-order valence-electron chi connectivity index (χ4n) is 3.77. The number of aryl methyl sites for hydroxylation is 1. The van der Waals surface area contributed by atoms with Crippen molar-refractivity contribution in [2.75, 3.05) is 25.0 Å². The average Bonchev–Trinajstić information content (AvgIpc) is 2.74. The van der Waals surface area contributed by atoms with E-state index < -0.39 is 5.91 Å². The lowest BCUT2D eigenvalue weighted by Gasteiger charge is -2.31. The molecule has 0 unspecified atom stereocenters. The van der Waals surface area contributed by atoms with Crippen LogP contribution in [-0.2, 0) is 4.79 Å². The Morgan fingerprint density at radius 2 is 2.10 bits per heavy atom. The van der Waals surface area contributed by atoms with Gasteiger partial charge in [0, 0.05) is 22.6 Å². The number of piperidine rings is 1. The first-order valence-electron chi connectivity index (χ1n) is 9.78. The summed E-state index contributed by atoms with van der Waals surface area (Å²) in [7, 11) is 0. The van der Waals surface area contributed by atoms with Crippen molar-refractivity contribution in [2.45, 2.75) is 32.6 Å². The molecule has 0 bridgehead atoms. The molecule has 7 nitrogen and oxygen atoms in total. The molecule has 2 heterocycles. The first kappa shape index (κ1) is 20.7. The molecular formula is C22H26N4O3. The molecule has 1 aromatic carbocycles.